The quantitative estimate of drug-likeness (QED) is 0.346. The van der Waals surface area contributed by atoms with Crippen LogP contribution in [0.1, 0.15) is 63.6 Å². The van der Waals surface area contributed by atoms with Crippen LogP contribution in [0.25, 0.3) is 10.9 Å². The summed E-state index contributed by atoms with van der Waals surface area (Å²) in [6.45, 7) is 5.49. The third kappa shape index (κ3) is 5.25. The van der Waals surface area contributed by atoms with Gasteiger partial charge in [0, 0.05) is 37.3 Å². The Morgan fingerprint density at radius 3 is 2.30 bits per heavy atom. The Hall–Kier alpha value is -2.91. The van der Waals surface area contributed by atoms with Gasteiger partial charge in [0.15, 0.2) is 0 Å². The number of carbonyl (C=O) groups is 3. The van der Waals surface area contributed by atoms with Crippen LogP contribution in [0.5, 0.6) is 0 Å². The van der Waals surface area contributed by atoms with Crippen LogP contribution in [0.15, 0.2) is 24.5 Å². The molecule has 6 nitrogen and oxygen atoms in total. The van der Waals surface area contributed by atoms with E-state index >= 15 is 0 Å². The van der Waals surface area contributed by atoms with Gasteiger partial charge in [-0.2, -0.15) is 13.2 Å². The average molecular weight is 554 g/mol. The van der Waals surface area contributed by atoms with E-state index < -0.39 is 23.6 Å². The summed E-state index contributed by atoms with van der Waals surface area (Å²) in [5.74, 6) is -0.804. The summed E-state index contributed by atoms with van der Waals surface area (Å²) in [4.78, 5) is 43.9. The number of nitrogens with zero attached hydrogens (tertiary/aromatic N) is 3. The van der Waals surface area contributed by atoms with E-state index in [0.717, 1.165) is 12.1 Å². The molecular weight excluding hydrogens is 530 g/mol. The number of carbonyl (C=O) groups excluding carboxylic acids is 3. The second-order valence-electron chi connectivity index (χ2n) is 9.47. The number of hydrogen-bond acceptors (Lipinski definition) is 4. The molecule has 0 N–H and O–H groups in total. The normalized spacial score (nSPS) is 14.9. The van der Waals surface area contributed by atoms with Crippen LogP contribution in [-0.2, 0) is 11.0 Å². The van der Waals surface area contributed by atoms with Gasteiger partial charge in [-0.25, -0.2) is 4.98 Å². The molecular formula is C26H24Cl2F3N3O3. The van der Waals surface area contributed by atoms with Crippen molar-refractivity contribution in [3.05, 3.63) is 62.5 Å². The molecule has 0 unspecified atom stereocenters. The van der Waals surface area contributed by atoms with Crippen molar-refractivity contribution in [1.82, 2.24) is 14.5 Å². The molecule has 1 aliphatic heterocycles. The van der Waals surface area contributed by atoms with Gasteiger partial charge in [-0.05, 0) is 62.8 Å². The number of alkyl halides is 3. The Kier molecular flexibility index (Phi) is 7.41. The van der Waals surface area contributed by atoms with Crippen molar-refractivity contribution in [2.75, 3.05) is 13.1 Å². The van der Waals surface area contributed by atoms with Crippen LogP contribution in [0.3, 0.4) is 0 Å². The molecule has 1 amide bonds. The summed E-state index contributed by atoms with van der Waals surface area (Å²) in [5, 5.41) is -0.137. The highest BCUT2D eigenvalue weighted by atomic mass is 35.5. The van der Waals surface area contributed by atoms with E-state index in [4.69, 9.17) is 23.2 Å². The number of ketones is 1. The van der Waals surface area contributed by atoms with Gasteiger partial charge in [-0.15, -0.1) is 0 Å². The number of hydrogen-bond donors (Lipinski definition) is 0. The van der Waals surface area contributed by atoms with Crippen molar-refractivity contribution >= 4 is 51.7 Å². The number of piperidine rings is 1. The largest absolute Gasteiger partial charge is 0.416 e. The van der Waals surface area contributed by atoms with Gasteiger partial charge < -0.3 is 9.69 Å². The minimum atomic E-state index is -4.54. The van der Waals surface area contributed by atoms with Gasteiger partial charge >= 0.3 is 6.18 Å². The Morgan fingerprint density at radius 1 is 1.05 bits per heavy atom. The molecule has 0 atom stereocenters. The molecule has 2 aromatic heterocycles. The molecule has 4 rings (SSSR count). The van der Waals surface area contributed by atoms with Crippen molar-refractivity contribution in [3.63, 3.8) is 0 Å². The maximum Gasteiger partial charge on any atom is 0.416 e. The zero-order valence-electron chi connectivity index (χ0n) is 20.4. The van der Waals surface area contributed by atoms with Gasteiger partial charge in [0.05, 0.1) is 27.2 Å². The lowest BCUT2D eigenvalue weighted by Gasteiger charge is -2.32. The number of likely N-dealkylation sites (tertiary alicyclic amines) is 1. The minimum Gasteiger partial charge on any atom is -0.339 e. The van der Waals surface area contributed by atoms with Crippen LogP contribution in [-0.4, -0.2) is 45.1 Å². The SMILES string of the molecule is CC(=O)CC1CCN(C(=O)c2cnc(Cl)c(C(=O)n3cc(C)c4cc(C(F)(F)F)cc(C)c43)c2Cl)CC1. The molecule has 3 heterocycles. The summed E-state index contributed by atoms with van der Waals surface area (Å²) in [6.07, 6.45) is -0.0963. The average Bonchev–Trinajstić information content (AvgIpc) is 3.15. The lowest BCUT2D eigenvalue weighted by molar-refractivity contribution is -0.137. The fourth-order valence-corrected chi connectivity index (χ4v) is 5.46. The molecule has 196 valence electrons. The maximum absolute atomic E-state index is 13.6. The lowest BCUT2D eigenvalue weighted by atomic mass is 9.92. The van der Waals surface area contributed by atoms with E-state index in [2.05, 4.69) is 4.98 Å². The van der Waals surface area contributed by atoms with Crippen LogP contribution in [0.2, 0.25) is 10.2 Å². The molecule has 37 heavy (non-hydrogen) atoms. The molecule has 0 bridgehead atoms. The first-order chi connectivity index (χ1) is 17.3. The zero-order valence-corrected chi connectivity index (χ0v) is 21.9. The number of rotatable bonds is 4. The van der Waals surface area contributed by atoms with Gasteiger partial charge in [-0.3, -0.25) is 14.2 Å². The number of amides is 1. The van der Waals surface area contributed by atoms with Gasteiger partial charge in [0.2, 0.25) is 0 Å². The van der Waals surface area contributed by atoms with Gasteiger partial charge in [0.1, 0.15) is 10.9 Å². The summed E-state index contributed by atoms with van der Waals surface area (Å²) >= 11 is 12.8. The molecule has 1 aliphatic rings. The van der Waals surface area contributed by atoms with Gasteiger partial charge in [0.25, 0.3) is 11.8 Å². The number of halogens is 5. The van der Waals surface area contributed by atoms with Crippen LogP contribution >= 0.6 is 23.2 Å². The first-order valence-corrected chi connectivity index (χ1v) is 12.4. The smallest absolute Gasteiger partial charge is 0.339 e. The van der Waals surface area contributed by atoms with E-state index in [0.29, 0.717) is 37.9 Å². The number of Topliss-reactive ketones (excluding diaryl/α,β-unsaturated/α-hetero) is 1. The Bertz CT molecular complexity index is 1420. The third-order valence-electron chi connectivity index (χ3n) is 6.73. The molecule has 1 fully saturated rings. The first kappa shape index (κ1) is 27.1. The fourth-order valence-electron chi connectivity index (χ4n) is 4.89. The highest BCUT2D eigenvalue weighted by molar-refractivity contribution is 6.41. The molecule has 0 spiro atoms. The van der Waals surface area contributed by atoms with Crippen molar-refractivity contribution in [1.29, 1.82) is 0 Å². The van der Waals surface area contributed by atoms with E-state index in [1.807, 2.05) is 0 Å². The Balaban J connectivity index is 1.70. The number of benzene rings is 1. The van der Waals surface area contributed by atoms with E-state index in [-0.39, 0.29) is 49.5 Å². The number of pyridine rings is 1. The number of aromatic nitrogens is 2. The number of fused-ring (bicyclic) bond motifs is 1. The highest BCUT2D eigenvalue weighted by Crippen LogP contribution is 2.36. The monoisotopic (exact) mass is 553 g/mol. The van der Waals surface area contributed by atoms with Crippen LogP contribution in [0, 0.1) is 19.8 Å². The molecule has 0 saturated carbocycles. The minimum absolute atomic E-state index is 0.00342. The highest BCUT2D eigenvalue weighted by Gasteiger charge is 2.33. The van der Waals surface area contributed by atoms with E-state index in [9.17, 15) is 27.6 Å². The van der Waals surface area contributed by atoms with Crippen molar-refractivity contribution in [2.24, 2.45) is 5.92 Å². The Labute approximate surface area is 221 Å². The summed E-state index contributed by atoms with van der Waals surface area (Å²) in [5.41, 5.74) is -0.0405. The third-order valence-corrected chi connectivity index (χ3v) is 7.41. The fraction of sp³-hybridized carbons (Fsp3) is 0.385. The molecule has 3 aromatic rings. The molecule has 1 aromatic carbocycles. The lowest BCUT2D eigenvalue weighted by Crippen LogP contribution is -2.39. The summed E-state index contributed by atoms with van der Waals surface area (Å²) in [7, 11) is 0. The first-order valence-electron chi connectivity index (χ1n) is 11.7. The topological polar surface area (TPSA) is 72.3 Å². The molecule has 1 saturated heterocycles. The maximum atomic E-state index is 13.6. The van der Waals surface area contributed by atoms with Crippen molar-refractivity contribution < 1.29 is 27.6 Å². The molecule has 0 radical (unpaired) electrons. The van der Waals surface area contributed by atoms with E-state index in [1.165, 1.54) is 23.9 Å². The van der Waals surface area contributed by atoms with E-state index in [1.54, 1.807) is 18.7 Å². The zero-order chi connectivity index (χ0) is 27.2. The summed E-state index contributed by atoms with van der Waals surface area (Å²) in [6, 6.07) is 1.97. The molecule has 11 heteroatoms. The second-order valence-corrected chi connectivity index (χ2v) is 10.2. The predicted octanol–water partition coefficient (Wildman–Crippen LogP) is 6.50. The Morgan fingerprint density at radius 2 is 1.70 bits per heavy atom. The standard InChI is InChI=1S/C26H24Cl2F3N3O3/c1-13-8-17(26(29,30)31)10-18-14(2)12-34(22(13)18)25(37)20-21(27)19(11-32-23(20)28)24(36)33-6-4-16(5-7-33)9-15(3)35/h8,10-12,16H,4-7,9H2,1-3H3. The predicted molar refractivity (Wildman–Crippen MR) is 134 cm³/mol. The van der Waals surface area contributed by atoms with Crippen molar-refractivity contribution in [2.45, 2.75) is 46.2 Å². The molecule has 0 aliphatic carbocycles. The van der Waals surface area contributed by atoms with Crippen LogP contribution < -0.4 is 0 Å². The second kappa shape index (κ2) is 10.1. The van der Waals surface area contributed by atoms with Gasteiger partial charge in [-0.1, -0.05) is 23.2 Å². The van der Waals surface area contributed by atoms with Crippen molar-refractivity contribution in [3.8, 4) is 0 Å². The number of aryl methyl sites for hydroxylation is 2. The summed E-state index contributed by atoms with van der Waals surface area (Å²) < 4.78 is 41.2. The van der Waals surface area contributed by atoms with Crippen LogP contribution in [0.4, 0.5) is 13.2 Å².